The third kappa shape index (κ3) is 4.41. The summed E-state index contributed by atoms with van der Waals surface area (Å²) in [5.74, 6) is 0.586. The second-order valence-electron chi connectivity index (χ2n) is 6.51. The number of nitrogens with zero attached hydrogens (tertiary/aromatic N) is 2. The monoisotopic (exact) mass is 378 g/mol. The lowest BCUT2D eigenvalue weighted by molar-refractivity contribution is 0.101. The van der Waals surface area contributed by atoms with Crippen LogP contribution in [0.4, 0.5) is 11.4 Å². The summed E-state index contributed by atoms with van der Waals surface area (Å²) in [6, 6.07) is 15.2. The molecule has 0 bridgehead atoms. The molecule has 0 aliphatic carbocycles. The lowest BCUT2D eigenvalue weighted by atomic mass is 10.1. The van der Waals surface area contributed by atoms with E-state index in [9.17, 15) is 4.79 Å². The zero-order valence-corrected chi connectivity index (χ0v) is 16.6. The first-order valence-corrected chi connectivity index (χ1v) is 9.40. The summed E-state index contributed by atoms with van der Waals surface area (Å²) in [5, 5.41) is 11.5. The summed E-state index contributed by atoms with van der Waals surface area (Å²) in [4.78, 5) is 17.3. The average Bonchev–Trinajstić information content (AvgIpc) is 2.95. The molecule has 0 radical (unpaired) electrons. The van der Waals surface area contributed by atoms with Crippen LogP contribution in [0.2, 0.25) is 0 Å². The van der Waals surface area contributed by atoms with E-state index in [1.807, 2.05) is 44.2 Å². The van der Waals surface area contributed by atoms with Gasteiger partial charge in [-0.2, -0.15) is 0 Å². The Bertz CT molecular complexity index is 1070. The molecular formula is C21H22N4OS. The predicted octanol–water partition coefficient (Wildman–Crippen LogP) is 4.80. The number of aliphatic imine (C=N–C) groups is 1. The molecule has 0 saturated carbocycles. The molecule has 1 aromatic heterocycles. The normalized spacial score (nSPS) is 11.5. The van der Waals surface area contributed by atoms with E-state index in [4.69, 9.17) is 10.4 Å². The maximum atomic E-state index is 11.5. The second kappa shape index (κ2) is 7.72. The van der Waals surface area contributed by atoms with Gasteiger partial charge >= 0.3 is 0 Å². The number of carbonyl (C=O) groups is 1. The van der Waals surface area contributed by atoms with Crippen LogP contribution in [-0.2, 0) is 0 Å². The van der Waals surface area contributed by atoms with Crippen LogP contribution in [0.25, 0.3) is 0 Å². The zero-order valence-electron chi connectivity index (χ0n) is 15.8. The largest absolute Gasteiger partial charge is 0.325 e. The van der Waals surface area contributed by atoms with E-state index in [1.54, 1.807) is 23.0 Å². The van der Waals surface area contributed by atoms with Crippen molar-refractivity contribution >= 4 is 34.7 Å². The van der Waals surface area contributed by atoms with E-state index in [0.29, 0.717) is 17.0 Å². The van der Waals surface area contributed by atoms with E-state index >= 15 is 0 Å². The number of ketones is 1. The third-order valence-electron chi connectivity index (χ3n) is 4.11. The third-order valence-corrected chi connectivity index (χ3v) is 5.07. The number of Topliss-reactive ketones (excluding diaryl/α,β-unsaturated/α-hetero) is 1. The summed E-state index contributed by atoms with van der Waals surface area (Å²) in [6.07, 6.45) is 0. The highest BCUT2D eigenvalue weighted by Gasteiger charge is 2.10. The van der Waals surface area contributed by atoms with Crippen molar-refractivity contribution < 1.29 is 4.79 Å². The molecule has 0 aliphatic rings. The van der Waals surface area contributed by atoms with E-state index in [1.165, 1.54) is 17.1 Å². The van der Waals surface area contributed by atoms with Gasteiger partial charge in [-0.25, -0.2) is 8.95 Å². The maximum absolute atomic E-state index is 11.5. The summed E-state index contributed by atoms with van der Waals surface area (Å²) in [6.45, 7) is 7.59. The minimum absolute atomic E-state index is 0.0300. The molecule has 0 spiro atoms. The predicted molar refractivity (Wildman–Crippen MR) is 111 cm³/mol. The lowest BCUT2D eigenvalue weighted by Crippen LogP contribution is -2.28. The second-order valence-corrected chi connectivity index (χ2v) is 7.70. The SMILES string of the molecule is CC(=O)c1ccc(NC(=Nc2ccc(C)cc2C)n2sc(C)cc2=N)cc1. The molecule has 1 heterocycles. The van der Waals surface area contributed by atoms with E-state index in [0.717, 1.165) is 21.8 Å². The van der Waals surface area contributed by atoms with Crippen molar-refractivity contribution in [3.63, 3.8) is 0 Å². The summed E-state index contributed by atoms with van der Waals surface area (Å²) in [7, 11) is 0. The highest BCUT2D eigenvalue weighted by atomic mass is 32.1. The zero-order chi connectivity index (χ0) is 19.6. The van der Waals surface area contributed by atoms with Gasteiger partial charge in [0.2, 0.25) is 5.96 Å². The van der Waals surface area contributed by atoms with Gasteiger partial charge in [0.05, 0.1) is 5.69 Å². The number of anilines is 1. The Labute approximate surface area is 162 Å². The van der Waals surface area contributed by atoms with Crippen LogP contribution < -0.4 is 10.8 Å². The fourth-order valence-corrected chi connectivity index (χ4v) is 3.49. The van der Waals surface area contributed by atoms with Crippen LogP contribution in [0.5, 0.6) is 0 Å². The lowest BCUT2D eigenvalue weighted by Gasteiger charge is -2.12. The smallest absolute Gasteiger partial charge is 0.223 e. The summed E-state index contributed by atoms with van der Waals surface area (Å²) < 4.78 is 1.76. The molecule has 6 heteroatoms. The van der Waals surface area contributed by atoms with Crippen molar-refractivity contribution in [3.8, 4) is 0 Å². The van der Waals surface area contributed by atoms with Gasteiger partial charge in [-0.1, -0.05) is 29.2 Å². The topological polar surface area (TPSA) is 70.2 Å². The van der Waals surface area contributed by atoms with Gasteiger partial charge in [-0.3, -0.25) is 10.2 Å². The van der Waals surface area contributed by atoms with E-state index in [-0.39, 0.29) is 5.78 Å². The Kier molecular flexibility index (Phi) is 5.37. The van der Waals surface area contributed by atoms with Gasteiger partial charge in [0.15, 0.2) is 5.78 Å². The van der Waals surface area contributed by atoms with Gasteiger partial charge in [-0.05, 0) is 69.7 Å². The Hall–Kier alpha value is -2.99. The molecule has 0 saturated heterocycles. The van der Waals surface area contributed by atoms with Gasteiger partial charge in [-0.15, -0.1) is 0 Å². The first kappa shape index (κ1) is 18.8. The molecule has 0 fully saturated rings. The molecule has 0 amide bonds. The molecule has 5 nitrogen and oxygen atoms in total. The van der Waals surface area contributed by atoms with Crippen LogP contribution >= 0.6 is 11.5 Å². The first-order valence-electron chi connectivity index (χ1n) is 8.62. The number of aryl methyl sites for hydroxylation is 3. The van der Waals surface area contributed by atoms with Crippen molar-refractivity contribution in [2.75, 3.05) is 5.32 Å². The number of hydrogen-bond acceptors (Lipinski definition) is 4. The Morgan fingerprint density at radius 3 is 2.33 bits per heavy atom. The molecule has 3 aromatic rings. The van der Waals surface area contributed by atoms with Gasteiger partial charge in [0.1, 0.15) is 5.49 Å². The molecule has 2 aromatic carbocycles. The van der Waals surface area contributed by atoms with Gasteiger partial charge < -0.3 is 5.32 Å². The van der Waals surface area contributed by atoms with Crippen molar-refractivity contribution in [3.05, 3.63) is 75.6 Å². The Morgan fingerprint density at radius 2 is 1.78 bits per heavy atom. The number of hydrogen-bond donors (Lipinski definition) is 2. The van der Waals surface area contributed by atoms with Crippen LogP contribution in [0.1, 0.15) is 33.3 Å². The Balaban J connectivity index is 2.04. The fourth-order valence-electron chi connectivity index (χ4n) is 2.71. The number of carbonyl (C=O) groups excluding carboxylic acids is 1. The first-order chi connectivity index (χ1) is 12.8. The molecule has 2 N–H and O–H groups in total. The molecular weight excluding hydrogens is 356 g/mol. The maximum Gasteiger partial charge on any atom is 0.223 e. The minimum Gasteiger partial charge on any atom is -0.325 e. The fraction of sp³-hybridized carbons (Fsp3) is 0.190. The molecule has 0 aliphatic heterocycles. The van der Waals surface area contributed by atoms with E-state index < -0.39 is 0 Å². The Morgan fingerprint density at radius 1 is 1.07 bits per heavy atom. The summed E-state index contributed by atoms with van der Waals surface area (Å²) >= 11 is 1.46. The number of aromatic nitrogens is 1. The van der Waals surface area contributed by atoms with Crippen molar-refractivity contribution in [2.45, 2.75) is 27.7 Å². The number of rotatable bonds is 3. The summed E-state index contributed by atoms with van der Waals surface area (Å²) in [5.41, 5.74) is 4.94. The quantitative estimate of drug-likeness (QED) is 0.390. The standard InChI is InChI=1S/C21H22N4OS/c1-13-5-10-19(14(2)11-13)24-21(25-20(22)12-15(3)27-25)23-18-8-6-17(7-9-18)16(4)26/h5-12,22H,1-4H3,(H,23,24). The van der Waals surface area contributed by atoms with Gasteiger partial charge in [0, 0.05) is 16.1 Å². The molecule has 3 rings (SSSR count). The molecule has 0 atom stereocenters. The van der Waals surface area contributed by atoms with Crippen LogP contribution in [0, 0.1) is 26.2 Å². The van der Waals surface area contributed by atoms with Gasteiger partial charge in [0.25, 0.3) is 0 Å². The van der Waals surface area contributed by atoms with Crippen molar-refractivity contribution in [1.29, 1.82) is 5.41 Å². The molecule has 0 unspecified atom stereocenters. The van der Waals surface area contributed by atoms with E-state index in [2.05, 4.69) is 18.3 Å². The van der Waals surface area contributed by atoms with Crippen molar-refractivity contribution in [2.24, 2.45) is 4.99 Å². The van der Waals surface area contributed by atoms with Crippen LogP contribution in [0.3, 0.4) is 0 Å². The minimum atomic E-state index is 0.0300. The average molecular weight is 379 g/mol. The van der Waals surface area contributed by atoms with Crippen LogP contribution in [0.15, 0.2) is 53.5 Å². The number of nitrogens with one attached hydrogen (secondary N) is 2. The number of benzene rings is 2. The van der Waals surface area contributed by atoms with Crippen LogP contribution in [-0.4, -0.2) is 15.7 Å². The molecule has 138 valence electrons. The highest BCUT2D eigenvalue weighted by molar-refractivity contribution is 7.07. The highest BCUT2D eigenvalue weighted by Crippen LogP contribution is 2.21. The van der Waals surface area contributed by atoms with Crippen molar-refractivity contribution in [1.82, 2.24) is 3.96 Å². The molecule has 27 heavy (non-hydrogen) atoms.